The number of ketones is 2. The van der Waals surface area contributed by atoms with Crippen molar-refractivity contribution in [2.45, 2.75) is 13.8 Å². The zero-order chi connectivity index (χ0) is 16.8. The Hall–Kier alpha value is -2.94. The number of carbonyl (C=O) groups is 2. The number of fused-ring (bicyclic) bond motifs is 2. The highest BCUT2D eigenvalue weighted by Gasteiger charge is 2.36. The van der Waals surface area contributed by atoms with E-state index < -0.39 is 0 Å². The number of carbonyl (C=O) groups excluding carboxylic acids is 2. The minimum Gasteiger partial charge on any atom is -0.341 e. The van der Waals surface area contributed by atoms with Crippen LogP contribution in [0.15, 0.2) is 59.8 Å². The minimum atomic E-state index is -0.177. The molecule has 24 heavy (non-hydrogen) atoms. The first-order valence-corrected chi connectivity index (χ1v) is 8.10. The molecule has 0 atom stereocenters. The molecule has 1 aliphatic carbocycles. The number of hydrogen-bond acceptors (Lipinski definition) is 3. The van der Waals surface area contributed by atoms with Crippen LogP contribution in [0.3, 0.4) is 0 Å². The van der Waals surface area contributed by atoms with E-state index in [4.69, 9.17) is 0 Å². The molecule has 0 N–H and O–H groups in total. The van der Waals surface area contributed by atoms with Crippen LogP contribution in [-0.4, -0.2) is 18.1 Å². The van der Waals surface area contributed by atoms with Crippen molar-refractivity contribution in [3.8, 4) is 0 Å². The van der Waals surface area contributed by atoms with Crippen LogP contribution in [0.2, 0.25) is 0 Å². The van der Waals surface area contributed by atoms with Crippen molar-refractivity contribution in [2.75, 3.05) is 11.4 Å². The molecule has 4 rings (SSSR count). The Morgan fingerprint density at radius 2 is 1.58 bits per heavy atom. The average molecular weight is 315 g/mol. The number of benzene rings is 2. The highest BCUT2D eigenvalue weighted by molar-refractivity contribution is 6.40. The van der Waals surface area contributed by atoms with Gasteiger partial charge >= 0.3 is 0 Å². The van der Waals surface area contributed by atoms with Crippen molar-refractivity contribution in [1.29, 1.82) is 0 Å². The van der Waals surface area contributed by atoms with Gasteiger partial charge in [-0.3, -0.25) is 9.59 Å². The number of nitrogens with zero attached hydrogens (tertiary/aromatic N) is 1. The Labute approximate surface area is 140 Å². The van der Waals surface area contributed by atoms with Gasteiger partial charge in [0.25, 0.3) is 0 Å². The molecule has 0 aromatic heterocycles. The van der Waals surface area contributed by atoms with E-state index in [1.807, 2.05) is 24.0 Å². The molecule has 2 aromatic carbocycles. The Kier molecular flexibility index (Phi) is 3.24. The lowest BCUT2D eigenvalue weighted by Crippen LogP contribution is -2.27. The summed E-state index contributed by atoms with van der Waals surface area (Å²) in [6.45, 7) is 4.77. The first-order chi connectivity index (χ1) is 11.6. The predicted octanol–water partition coefficient (Wildman–Crippen LogP) is 4.18. The molecule has 3 heteroatoms. The fourth-order valence-electron chi connectivity index (χ4n) is 3.48. The van der Waals surface area contributed by atoms with E-state index in [-0.39, 0.29) is 17.1 Å². The van der Waals surface area contributed by atoms with Gasteiger partial charge in [0.2, 0.25) is 0 Å². The third kappa shape index (κ3) is 1.98. The zero-order valence-electron chi connectivity index (χ0n) is 13.7. The number of aryl methyl sites for hydroxylation is 1. The predicted molar refractivity (Wildman–Crippen MR) is 95.4 cm³/mol. The van der Waals surface area contributed by atoms with E-state index in [0.29, 0.717) is 23.4 Å². The van der Waals surface area contributed by atoms with Crippen LogP contribution >= 0.6 is 0 Å². The summed E-state index contributed by atoms with van der Waals surface area (Å²) in [7, 11) is 0. The van der Waals surface area contributed by atoms with Crippen molar-refractivity contribution in [2.24, 2.45) is 0 Å². The molecule has 1 heterocycles. The SMILES string of the molecule is CCN1C(=C2C(=O)c3ccccc3C2=O)C=Cc2cc(C)ccc21. The van der Waals surface area contributed by atoms with Gasteiger partial charge in [0, 0.05) is 23.4 Å². The van der Waals surface area contributed by atoms with Crippen molar-refractivity contribution in [3.05, 3.63) is 82.1 Å². The van der Waals surface area contributed by atoms with Crippen LogP contribution in [0.25, 0.3) is 6.08 Å². The quantitative estimate of drug-likeness (QED) is 0.585. The molecule has 0 amide bonds. The lowest BCUT2D eigenvalue weighted by Gasteiger charge is -2.30. The summed E-state index contributed by atoms with van der Waals surface area (Å²) in [6, 6.07) is 13.3. The fourth-order valence-corrected chi connectivity index (χ4v) is 3.48. The monoisotopic (exact) mass is 315 g/mol. The largest absolute Gasteiger partial charge is 0.341 e. The van der Waals surface area contributed by atoms with Crippen LogP contribution in [0.4, 0.5) is 5.69 Å². The van der Waals surface area contributed by atoms with E-state index >= 15 is 0 Å². The summed E-state index contributed by atoms with van der Waals surface area (Å²) in [4.78, 5) is 27.6. The van der Waals surface area contributed by atoms with Crippen LogP contribution in [-0.2, 0) is 0 Å². The minimum absolute atomic E-state index is 0.177. The standard InChI is InChI=1S/C21H17NO2/c1-3-22-17-10-8-13(2)12-14(17)9-11-18(22)19-20(23)15-6-4-5-7-16(15)21(19)24/h4-12H,3H2,1-2H3. The first kappa shape index (κ1) is 14.6. The molecule has 2 aliphatic rings. The van der Waals surface area contributed by atoms with Crippen molar-refractivity contribution < 1.29 is 9.59 Å². The van der Waals surface area contributed by atoms with Gasteiger partial charge in [0.05, 0.1) is 11.3 Å². The topological polar surface area (TPSA) is 37.4 Å². The molecule has 0 fully saturated rings. The molecule has 0 saturated heterocycles. The normalized spacial score (nSPS) is 15.8. The van der Waals surface area contributed by atoms with Gasteiger partial charge in [-0.2, -0.15) is 0 Å². The summed E-state index contributed by atoms with van der Waals surface area (Å²) in [5, 5.41) is 0. The molecule has 3 nitrogen and oxygen atoms in total. The number of Topliss-reactive ketones (excluding diaryl/α,β-unsaturated/α-hetero) is 2. The van der Waals surface area contributed by atoms with Gasteiger partial charge in [-0.15, -0.1) is 0 Å². The lowest BCUT2D eigenvalue weighted by atomic mass is 9.99. The Morgan fingerprint density at radius 3 is 2.21 bits per heavy atom. The Bertz CT molecular complexity index is 913. The van der Waals surface area contributed by atoms with Crippen LogP contribution in [0.5, 0.6) is 0 Å². The number of likely N-dealkylation sites (N-methyl/N-ethyl adjacent to an activating group) is 1. The summed E-state index contributed by atoms with van der Waals surface area (Å²) in [5.41, 5.74) is 5.31. The van der Waals surface area contributed by atoms with Crippen LogP contribution in [0.1, 0.15) is 38.8 Å². The third-order valence-corrected chi connectivity index (χ3v) is 4.63. The summed E-state index contributed by atoms with van der Waals surface area (Å²) in [6.07, 6.45) is 3.88. The average Bonchev–Trinajstić information content (AvgIpc) is 2.85. The fraction of sp³-hybridized carbons (Fsp3) is 0.143. The van der Waals surface area contributed by atoms with E-state index in [1.165, 1.54) is 5.56 Å². The molecule has 1 aliphatic heterocycles. The molecular formula is C21H17NO2. The number of hydrogen-bond donors (Lipinski definition) is 0. The second-order valence-electron chi connectivity index (χ2n) is 6.10. The number of anilines is 1. The number of allylic oxidation sites excluding steroid dienone is 2. The van der Waals surface area contributed by atoms with Crippen LogP contribution < -0.4 is 4.90 Å². The molecule has 0 bridgehead atoms. The second-order valence-corrected chi connectivity index (χ2v) is 6.10. The smallest absolute Gasteiger partial charge is 0.199 e. The van der Waals surface area contributed by atoms with Crippen LogP contribution in [0, 0.1) is 6.92 Å². The van der Waals surface area contributed by atoms with Gasteiger partial charge in [-0.1, -0.05) is 42.0 Å². The maximum Gasteiger partial charge on any atom is 0.199 e. The molecule has 0 unspecified atom stereocenters. The van der Waals surface area contributed by atoms with Gasteiger partial charge < -0.3 is 4.90 Å². The summed E-state index contributed by atoms with van der Waals surface area (Å²) in [5.74, 6) is -0.353. The lowest BCUT2D eigenvalue weighted by molar-refractivity contribution is 0.0987. The van der Waals surface area contributed by atoms with Gasteiger partial charge in [0.1, 0.15) is 0 Å². The molecule has 2 aromatic rings. The molecule has 0 radical (unpaired) electrons. The maximum atomic E-state index is 12.8. The molecular weight excluding hydrogens is 298 g/mol. The summed E-state index contributed by atoms with van der Waals surface area (Å²) >= 11 is 0. The highest BCUT2D eigenvalue weighted by atomic mass is 16.2. The Balaban J connectivity index is 1.92. The van der Waals surface area contributed by atoms with Gasteiger partial charge in [-0.25, -0.2) is 0 Å². The third-order valence-electron chi connectivity index (χ3n) is 4.63. The van der Waals surface area contributed by atoms with Gasteiger partial charge in [-0.05, 0) is 37.6 Å². The van der Waals surface area contributed by atoms with Crippen molar-refractivity contribution >= 4 is 23.3 Å². The van der Waals surface area contributed by atoms with E-state index in [1.54, 1.807) is 24.3 Å². The number of rotatable bonds is 1. The molecule has 0 spiro atoms. The van der Waals surface area contributed by atoms with E-state index in [2.05, 4.69) is 25.1 Å². The van der Waals surface area contributed by atoms with Crippen molar-refractivity contribution in [1.82, 2.24) is 0 Å². The Morgan fingerprint density at radius 1 is 0.917 bits per heavy atom. The van der Waals surface area contributed by atoms with E-state index in [0.717, 1.165) is 11.3 Å². The highest BCUT2D eigenvalue weighted by Crippen LogP contribution is 2.36. The molecule has 118 valence electrons. The zero-order valence-corrected chi connectivity index (χ0v) is 13.7. The maximum absolute atomic E-state index is 12.8. The summed E-state index contributed by atoms with van der Waals surface area (Å²) < 4.78 is 0. The molecule has 0 saturated carbocycles. The van der Waals surface area contributed by atoms with E-state index in [9.17, 15) is 9.59 Å². The van der Waals surface area contributed by atoms with Crippen molar-refractivity contribution in [3.63, 3.8) is 0 Å². The second kappa shape index (κ2) is 5.31. The first-order valence-electron chi connectivity index (χ1n) is 8.10. The van der Waals surface area contributed by atoms with Gasteiger partial charge in [0.15, 0.2) is 11.6 Å².